The average molecular weight is 350 g/mol. The molecular formula is C23H18N4. The summed E-state index contributed by atoms with van der Waals surface area (Å²) in [7, 11) is 0. The molecule has 0 aliphatic rings. The Hall–Kier alpha value is -3.66. The fourth-order valence-corrected chi connectivity index (χ4v) is 3.05. The van der Waals surface area contributed by atoms with Crippen molar-refractivity contribution < 1.29 is 0 Å². The van der Waals surface area contributed by atoms with Crippen molar-refractivity contribution >= 4 is 5.57 Å². The van der Waals surface area contributed by atoms with Gasteiger partial charge in [-0.2, -0.15) is 0 Å². The van der Waals surface area contributed by atoms with Gasteiger partial charge in [0.2, 0.25) is 0 Å². The third-order valence-corrected chi connectivity index (χ3v) is 4.28. The van der Waals surface area contributed by atoms with Crippen LogP contribution in [0.4, 0.5) is 0 Å². The van der Waals surface area contributed by atoms with E-state index in [1.165, 1.54) is 0 Å². The molecule has 0 amide bonds. The smallest absolute Gasteiger partial charge is 0.159 e. The highest BCUT2D eigenvalue weighted by Crippen LogP contribution is 2.28. The Balaban J connectivity index is 1.74. The molecule has 2 aromatic heterocycles. The van der Waals surface area contributed by atoms with E-state index in [0.717, 1.165) is 39.5 Å². The molecule has 4 aromatic rings. The monoisotopic (exact) mass is 350 g/mol. The van der Waals surface area contributed by atoms with Gasteiger partial charge >= 0.3 is 0 Å². The Kier molecular flexibility index (Phi) is 4.79. The van der Waals surface area contributed by atoms with Gasteiger partial charge in [0.05, 0.1) is 0 Å². The first kappa shape index (κ1) is 16.8. The molecule has 4 nitrogen and oxygen atoms in total. The summed E-state index contributed by atoms with van der Waals surface area (Å²) in [6, 6.07) is 20.2. The van der Waals surface area contributed by atoms with E-state index < -0.39 is 0 Å². The minimum absolute atomic E-state index is 0.723. The zero-order valence-electron chi connectivity index (χ0n) is 14.9. The van der Waals surface area contributed by atoms with E-state index in [0.29, 0.717) is 0 Å². The molecule has 27 heavy (non-hydrogen) atoms. The first-order valence-corrected chi connectivity index (χ1v) is 8.77. The van der Waals surface area contributed by atoms with Crippen LogP contribution in [0.15, 0.2) is 91.5 Å². The first-order chi connectivity index (χ1) is 13.3. The summed E-state index contributed by atoms with van der Waals surface area (Å²) in [4.78, 5) is 17.4. The maximum absolute atomic E-state index is 4.35. The Morgan fingerprint density at radius 1 is 0.630 bits per heavy atom. The van der Waals surface area contributed by atoms with Gasteiger partial charge < -0.3 is 0 Å². The van der Waals surface area contributed by atoms with E-state index in [1.54, 1.807) is 24.8 Å². The minimum Gasteiger partial charge on any atom is -0.237 e. The molecule has 0 atom stereocenters. The second-order valence-electron chi connectivity index (χ2n) is 6.01. The number of nitrogens with zero attached hydrogens (tertiary/aromatic N) is 4. The van der Waals surface area contributed by atoms with Crippen LogP contribution >= 0.6 is 0 Å². The molecule has 0 N–H and O–H groups in total. The third kappa shape index (κ3) is 3.65. The Bertz CT molecular complexity index is 989. The maximum Gasteiger partial charge on any atom is 0.159 e. The molecule has 130 valence electrons. The van der Waals surface area contributed by atoms with Crippen molar-refractivity contribution in [1.82, 2.24) is 19.9 Å². The summed E-state index contributed by atoms with van der Waals surface area (Å²) in [6.45, 7) is 2.05. The fraction of sp³-hybridized carbons (Fsp3) is 0.0435. The number of benzene rings is 2. The molecule has 0 unspecified atom stereocenters. The van der Waals surface area contributed by atoms with E-state index >= 15 is 0 Å². The number of aromatic nitrogens is 4. The van der Waals surface area contributed by atoms with Gasteiger partial charge in [0.15, 0.2) is 11.6 Å². The van der Waals surface area contributed by atoms with Crippen molar-refractivity contribution in [2.75, 3.05) is 0 Å². The zero-order valence-corrected chi connectivity index (χ0v) is 14.9. The highest BCUT2D eigenvalue weighted by atomic mass is 14.9. The second-order valence-corrected chi connectivity index (χ2v) is 6.01. The number of hydrogen-bond acceptors (Lipinski definition) is 4. The molecule has 0 bridgehead atoms. The SMILES string of the molecule is CC=C(c1cccc(-c2ncccn2)c1)c1cccc(-c2ncccn2)c1. The lowest BCUT2D eigenvalue weighted by Gasteiger charge is -2.11. The van der Waals surface area contributed by atoms with Crippen LogP contribution in [0.25, 0.3) is 28.3 Å². The third-order valence-electron chi connectivity index (χ3n) is 4.28. The maximum atomic E-state index is 4.35. The van der Waals surface area contributed by atoms with Crippen LogP contribution in [0.5, 0.6) is 0 Å². The lowest BCUT2D eigenvalue weighted by Crippen LogP contribution is -1.93. The van der Waals surface area contributed by atoms with Gasteiger partial charge in [-0.15, -0.1) is 0 Å². The van der Waals surface area contributed by atoms with Crippen LogP contribution in [0.3, 0.4) is 0 Å². The van der Waals surface area contributed by atoms with Crippen LogP contribution in [-0.2, 0) is 0 Å². The highest BCUT2D eigenvalue weighted by Gasteiger charge is 2.09. The lowest BCUT2D eigenvalue weighted by atomic mass is 9.95. The molecule has 0 saturated carbocycles. The molecule has 0 aliphatic carbocycles. The summed E-state index contributed by atoms with van der Waals surface area (Å²) < 4.78 is 0. The molecule has 4 heteroatoms. The van der Waals surface area contributed by atoms with Crippen molar-refractivity contribution in [3.63, 3.8) is 0 Å². The normalized spacial score (nSPS) is 10.4. The average Bonchev–Trinajstić information content (AvgIpc) is 2.76. The molecule has 0 radical (unpaired) electrons. The molecular weight excluding hydrogens is 332 g/mol. The largest absolute Gasteiger partial charge is 0.237 e. The first-order valence-electron chi connectivity index (χ1n) is 8.77. The van der Waals surface area contributed by atoms with Crippen molar-refractivity contribution in [2.24, 2.45) is 0 Å². The van der Waals surface area contributed by atoms with Gasteiger partial charge in [-0.25, -0.2) is 19.9 Å². The van der Waals surface area contributed by atoms with Gasteiger partial charge in [-0.1, -0.05) is 42.5 Å². The van der Waals surface area contributed by atoms with E-state index in [2.05, 4.69) is 50.3 Å². The topological polar surface area (TPSA) is 51.6 Å². The summed E-state index contributed by atoms with van der Waals surface area (Å²) >= 11 is 0. The summed E-state index contributed by atoms with van der Waals surface area (Å²) in [5.41, 5.74) is 5.37. The fourth-order valence-electron chi connectivity index (χ4n) is 3.05. The Morgan fingerprint density at radius 3 is 1.48 bits per heavy atom. The molecule has 4 rings (SSSR count). The van der Waals surface area contributed by atoms with Gasteiger partial charge in [0.1, 0.15) is 0 Å². The van der Waals surface area contributed by atoms with E-state index in [9.17, 15) is 0 Å². The molecule has 0 fully saturated rings. The molecule has 0 spiro atoms. The quantitative estimate of drug-likeness (QED) is 0.517. The predicted octanol–water partition coefficient (Wildman–Crippen LogP) is 5.05. The van der Waals surface area contributed by atoms with Gasteiger partial charge in [-0.05, 0) is 47.9 Å². The Morgan fingerprint density at radius 2 is 1.07 bits per heavy atom. The van der Waals surface area contributed by atoms with Gasteiger partial charge in [0.25, 0.3) is 0 Å². The summed E-state index contributed by atoms with van der Waals surface area (Å²) in [5, 5.41) is 0. The van der Waals surface area contributed by atoms with Crippen LogP contribution < -0.4 is 0 Å². The van der Waals surface area contributed by atoms with Crippen LogP contribution in [0.2, 0.25) is 0 Å². The molecule has 2 aromatic carbocycles. The van der Waals surface area contributed by atoms with Crippen LogP contribution in [0.1, 0.15) is 18.1 Å². The molecule has 2 heterocycles. The standard InChI is InChI=1S/C23H18N4/c1-2-21(17-7-3-9-19(15-17)22-24-11-5-12-25-22)18-8-4-10-20(16-18)23-26-13-6-14-27-23/h2-16H,1H3. The van der Waals surface area contributed by atoms with Crippen molar-refractivity contribution in [2.45, 2.75) is 6.92 Å². The molecule has 0 aliphatic heterocycles. The minimum atomic E-state index is 0.723. The van der Waals surface area contributed by atoms with Gasteiger partial charge in [-0.3, -0.25) is 0 Å². The van der Waals surface area contributed by atoms with E-state index in [4.69, 9.17) is 0 Å². The number of hydrogen-bond donors (Lipinski definition) is 0. The van der Waals surface area contributed by atoms with Crippen LogP contribution in [-0.4, -0.2) is 19.9 Å². The van der Waals surface area contributed by atoms with Gasteiger partial charge in [0, 0.05) is 35.9 Å². The number of rotatable bonds is 4. The second kappa shape index (κ2) is 7.70. The van der Waals surface area contributed by atoms with Crippen molar-refractivity contribution in [3.8, 4) is 22.8 Å². The highest BCUT2D eigenvalue weighted by molar-refractivity contribution is 5.83. The van der Waals surface area contributed by atoms with E-state index in [-0.39, 0.29) is 0 Å². The van der Waals surface area contributed by atoms with E-state index in [1.807, 2.05) is 43.3 Å². The predicted molar refractivity (Wildman–Crippen MR) is 108 cm³/mol. The summed E-state index contributed by atoms with van der Waals surface area (Å²) in [6.07, 6.45) is 9.16. The lowest BCUT2D eigenvalue weighted by molar-refractivity contribution is 1.17. The van der Waals surface area contributed by atoms with Crippen molar-refractivity contribution in [1.29, 1.82) is 0 Å². The summed E-state index contributed by atoms with van der Waals surface area (Å²) in [5.74, 6) is 1.45. The zero-order chi connectivity index (χ0) is 18.5. The number of allylic oxidation sites excluding steroid dienone is 1. The van der Waals surface area contributed by atoms with Crippen LogP contribution in [0, 0.1) is 0 Å². The molecule has 0 saturated heterocycles. The Labute approximate surface area is 158 Å². The van der Waals surface area contributed by atoms with Crippen molar-refractivity contribution in [3.05, 3.63) is 103 Å².